The van der Waals surface area contributed by atoms with Gasteiger partial charge in [-0.05, 0) is 90.3 Å². The number of rotatable bonds is 7. The molecule has 4 aromatic rings. The van der Waals surface area contributed by atoms with Gasteiger partial charge in [-0.2, -0.15) is 0 Å². The summed E-state index contributed by atoms with van der Waals surface area (Å²) in [4.78, 5) is 12.7. The molecule has 2 aliphatic rings. The molecule has 5 heteroatoms. The van der Waals surface area contributed by atoms with E-state index in [2.05, 4.69) is 83.4 Å². The Hall–Kier alpha value is -3.27. The Labute approximate surface area is 246 Å². The van der Waals surface area contributed by atoms with E-state index in [4.69, 9.17) is 23.2 Å². The van der Waals surface area contributed by atoms with E-state index in [9.17, 15) is 4.79 Å². The van der Waals surface area contributed by atoms with E-state index in [1.54, 1.807) is 0 Å². The molecule has 0 aromatic heterocycles. The molecule has 1 amide bonds. The van der Waals surface area contributed by atoms with Crippen molar-refractivity contribution in [2.75, 3.05) is 5.32 Å². The molecule has 1 saturated carbocycles. The first-order chi connectivity index (χ1) is 19.5. The van der Waals surface area contributed by atoms with Crippen molar-refractivity contribution in [1.82, 2.24) is 5.32 Å². The zero-order valence-corrected chi connectivity index (χ0v) is 23.9. The molecule has 1 heterocycles. The van der Waals surface area contributed by atoms with Crippen molar-refractivity contribution < 1.29 is 4.79 Å². The molecule has 4 atom stereocenters. The van der Waals surface area contributed by atoms with Gasteiger partial charge in [-0.1, -0.05) is 89.9 Å². The first-order valence-electron chi connectivity index (χ1n) is 14.2. The van der Waals surface area contributed by atoms with Crippen molar-refractivity contribution in [2.24, 2.45) is 11.8 Å². The third-order valence-corrected chi connectivity index (χ3v) is 9.20. The highest BCUT2D eigenvalue weighted by Crippen LogP contribution is 2.45. The summed E-state index contributed by atoms with van der Waals surface area (Å²) in [5, 5.41) is 8.56. The van der Waals surface area contributed by atoms with Gasteiger partial charge in [0.05, 0.1) is 0 Å². The monoisotopic (exact) mass is 568 g/mol. The van der Waals surface area contributed by atoms with Crippen LogP contribution in [0.15, 0.2) is 103 Å². The molecular weight excluding hydrogens is 535 g/mol. The maximum Gasteiger partial charge on any atom is 0.222 e. The van der Waals surface area contributed by atoms with Gasteiger partial charge in [-0.15, -0.1) is 0 Å². The third kappa shape index (κ3) is 6.22. The van der Waals surface area contributed by atoms with Gasteiger partial charge in [0.2, 0.25) is 5.91 Å². The summed E-state index contributed by atoms with van der Waals surface area (Å²) in [6, 6.07) is 36.1. The molecule has 0 radical (unpaired) electrons. The lowest BCUT2D eigenvalue weighted by Crippen LogP contribution is -2.56. The lowest BCUT2D eigenvalue weighted by Gasteiger charge is -2.46. The standard InChI is InChI=1S/C35H34Cl2N2O/c36-28-13-8-25(9-14-28)35(26-10-15-29(37)16-11-26)27-12-19-32-31(21-27)33(22-34(40)39-32)38-30-17-6-24(7-18-30)20-23-4-2-1-3-5-23/h1-11,13-18,27,31-33,35,38H,12,19-22H2,(H,39,40). The van der Waals surface area contributed by atoms with Gasteiger partial charge in [-0.3, -0.25) is 4.79 Å². The van der Waals surface area contributed by atoms with Crippen LogP contribution in [0.3, 0.4) is 0 Å². The maximum atomic E-state index is 12.7. The zero-order chi connectivity index (χ0) is 27.5. The molecule has 0 bridgehead atoms. The number of fused-ring (bicyclic) bond motifs is 1. The molecule has 0 spiro atoms. The molecule has 1 saturated heterocycles. The van der Waals surface area contributed by atoms with Crippen LogP contribution >= 0.6 is 23.2 Å². The summed E-state index contributed by atoms with van der Waals surface area (Å²) < 4.78 is 0. The molecule has 4 unspecified atom stereocenters. The normalized spacial score (nSPS) is 22.4. The number of amides is 1. The number of carbonyl (C=O) groups is 1. The highest BCUT2D eigenvalue weighted by atomic mass is 35.5. The molecule has 2 N–H and O–H groups in total. The van der Waals surface area contributed by atoms with E-state index in [0.29, 0.717) is 18.3 Å². The second-order valence-electron chi connectivity index (χ2n) is 11.3. The number of carbonyl (C=O) groups excluding carboxylic acids is 1. The quantitative estimate of drug-likeness (QED) is 0.234. The van der Waals surface area contributed by atoms with E-state index in [0.717, 1.165) is 41.4 Å². The first kappa shape index (κ1) is 26.9. The number of nitrogens with one attached hydrogen (secondary N) is 2. The molecule has 204 valence electrons. The van der Waals surface area contributed by atoms with E-state index in [-0.39, 0.29) is 23.9 Å². The van der Waals surface area contributed by atoms with Crippen LogP contribution in [0.25, 0.3) is 0 Å². The van der Waals surface area contributed by atoms with Crippen LogP contribution in [-0.4, -0.2) is 18.0 Å². The molecule has 4 aromatic carbocycles. The minimum atomic E-state index is 0.0950. The van der Waals surface area contributed by atoms with Gasteiger partial charge in [0.15, 0.2) is 0 Å². The number of anilines is 1. The Morgan fingerprint density at radius 2 is 1.35 bits per heavy atom. The molecule has 1 aliphatic heterocycles. The Morgan fingerprint density at radius 3 is 1.98 bits per heavy atom. The van der Waals surface area contributed by atoms with Crippen molar-refractivity contribution in [3.8, 4) is 0 Å². The van der Waals surface area contributed by atoms with Crippen LogP contribution in [0.5, 0.6) is 0 Å². The fraction of sp³-hybridized carbons (Fsp3) is 0.286. The van der Waals surface area contributed by atoms with Gasteiger partial charge >= 0.3 is 0 Å². The van der Waals surface area contributed by atoms with Gasteiger partial charge in [-0.25, -0.2) is 0 Å². The number of hydrogen-bond acceptors (Lipinski definition) is 2. The van der Waals surface area contributed by atoms with Crippen LogP contribution in [-0.2, 0) is 11.2 Å². The first-order valence-corrected chi connectivity index (χ1v) is 15.0. The smallest absolute Gasteiger partial charge is 0.222 e. The van der Waals surface area contributed by atoms with Crippen LogP contribution in [0.2, 0.25) is 10.0 Å². The summed E-state index contributed by atoms with van der Waals surface area (Å²) in [5.41, 5.74) is 6.20. The number of piperidine rings is 1. The summed E-state index contributed by atoms with van der Waals surface area (Å²) in [6.07, 6.45) is 4.47. The SMILES string of the molecule is O=C1CC(Nc2ccc(Cc3ccccc3)cc2)C2CC(C(c3ccc(Cl)cc3)c3ccc(Cl)cc3)CCC2N1. The van der Waals surface area contributed by atoms with Gasteiger partial charge in [0, 0.05) is 46.1 Å². The van der Waals surface area contributed by atoms with Crippen LogP contribution in [0.4, 0.5) is 5.69 Å². The highest BCUT2D eigenvalue weighted by molar-refractivity contribution is 6.30. The number of halogens is 2. The molecular formula is C35H34Cl2N2O. The Morgan fingerprint density at radius 1 is 0.750 bits per heavy atom. The Kier molecular flexibility index (Phi) is 8.13. The minimum Gasteiger partial charge on any atom is -0.381 e. The summed E-state index contributed by atoms with van der Waals surface area (Å²) in [6.45, 7) is 0. The predicted octanol–water partition coefficient (Wildman–Crippen LogP) is 8.50. The van der Waals surface area contributed by atoms with Crippen LogP contribution in [0.1, 0.15) is 53.9 Å². The fourth-order valence-electron chi connectivity index (χ4n) is 6.78. The van der Waals surface area contributed by atoms with Crippen molar-refractivity contribution in [3.05, 3.63) is 135 Å². The summed E-state index contributed by atoms with van der Waals surface area (Å²) in [7, 11) is 0. The van der Waals surface area contributed by atoms with Gasteiger partial charge in [0.25, 0.3) is 0 Å². The van der Waals surface area contributed by atoms with Crippen LogP contribution in [0, 0.1) is 11.8 Å². The lowest BCUT2D eigenvalue weighted by atomic mass is 9.65. The Balaban J connectivity index is 1.22. The van der Waals surface area contributed by atoms with Gasteiger partial charge < -0.3 is 10.6 Å². The molecule has 6 rings (SSSR count). The van der Waals surface area contributed by atoms with E-state index in [1.807, 2.05) is 30.3 Å². The lowest BCUT2D eigenvalue weighted by molar-refractivity contribution is -0.125. The minimum absolute atomic E-state index is 0.0950. The third-order valence-electron chi connectivity index (χ3n) is 8.70. The fourth-order valence-corrected chi connectivity index (χ4v) is 7.03. The number of hydrogen-bond donors (Lipinski definition) is 2. The molecule has 2 fully saturated rings. The van der Waals surface area contributed by atoms with Crippen molar-refractivity contribution >= 4 is 34.8 Å². The predicted molar refractivity (Wildman–Crippen MR) is 165 cm³/mol. The molecule has 1 aliphatic carbocycles. The molecule has 3 nitrogen and oxygen atoms in total. The average molecular weight is 570 g/mol. The second-order valence-corrected chi connectivity index (χ2v) is 12.2. The number of benzene rings is 4. The van der Waals surface area contributed by atoms with Crippen molar-refractivity contribution in [1.29, 1.82) is 0 Å². The van der Waals surface area contributed by atoms with Gasteiger partial charge in [0.1, 0.15) is 0 Å². The van der Waals surface area contributed by atoms with Crippen LogP contribution < -0.4 is 10.6 Å². The topological polar surface area (TPSA) is 41.1 Å². The van der Waals surface area contributed by atoms with E-state index < -0.39 is 0 Å². The largest absolute Gasteiger partial charge is 0.381 e. The van der Waals surface area contributed by atoms with Crippen molar-refractivity contribution in [2.45, 2.75) is 50.1 Å². The van der Waals surface area contributed by atoms with E-state index >= 15 is 0 Å². The highest BCUT2D eigenvalue weighted by Gasteiger charge is 2.43. The van der Waals surface area contributed by atoms with E-state index in [1.165, 1.54) is 22.3 Å². The van der Waals surface area contributed by atoms with Crippen molar-refractivity contribution in [3.63, 3.8) is 0 Å². The average Bonchev–Trinajstić information content (AvgIpc) is 2.97. The molecule has 40 heavy (non-hydrogen) atoms. The second kappa shape index (κ2) is 12.1. The zero-order valence-electron chi connectivity index (χ0n) is 22.4. The summed E-state index contributed by atoms with van der Waals surface area (Å²) in [5.74, 6) is 1.18. The summed E-state index contributed by atoms with van der Waals surface area (Å²) >= 11 is 12.5. The Bertz CT molecular complexity index is 1380. The maximum absolute atomic E-state index is 12.7.